The van der Waals surface area contributed by atoms with E-state index in [1.54, 1.807) is 7.11 Å². The molecule has 0 fully saturated rings. The summed E-state index contributed by atoms with van der Waals surface area (Å²) in [6.07, 6.45) is 2.85. The zero-order valence-corrected chi connectivity index (χ0v) is 20.7. The van der Waals surface area contributed by atoms with E-state index in [1.165, 1.54) is 5.56 Å². The lowest BCUT2D eigenvalue weighted by atomic mass is 9.91. The SMILES string of the molecule is CCN(CCCCOC(=O)C(c1ccccc1)c1ccccc1)C(C)Cc1ccc(OC)cc1. The van der Waals surface area contributed by atoms with Crippen LogP contribution in [-0.2, 0) is 16.0 Å². The van der Waals surface area contributed by atoms with Gasteiger partial charge in [-0.05, 0) is 68.1 Å². The third-order valence-electron chi connectivity index (χ3n) is 6.31. The average Bonchev–Trinajstić information content (AvgIpc) is 2.88. The standard InChI is InChI=1S/C30H37NO3/c1-4-31(24(2)23-25-17-19-28(33-3)20-18-25)21-11-12-22-34-30(32)29(26-13-7-5-8-14-26)27-15-9-6-10-16-27/h5-10,13-20,24,29H,4,11-12,21-23H2,1-3H3. The highest BCUT2D eigenvalue weighted by molar-refractivity contribution is 5.82. The zero-order chi connectivity index (χ0) is 24.2. The van der Waals surface area contributed by atoms with Gasteiger partial charge in [0.25, 0.3) is 0 Å². The van der Waals surface area contributed by atoms with Crippen LogP contribution in [0.5, 0.6) is 5.75 Å². The van der Waals surface area contributed by atoms with Crippen molar-refractivity contribution in [1.29, 1.82) is 0 Å². The molecule has 1 atom stereocenters. The molecular formula is C30H37NO3. The minimum atomic E-state index is -0.390. The van der Waals surface area contributed by atoms with Crippen LogP contribution in [0.1, 0.15) is 49.3 Å². The second kappa shape index (κ2) is 13.6. The average molecular weight is 460 g/mol. The normalized spacial score (nSPS) is 12.0. The first-order valence-corrected chi connectivity index (χ1v) is 12.3. The maximum Gasteiger partial charge on any atom is 0.317 e. The molecule has 0 amide bonds. The fraction of sp³-hybridized carbons (Fsp3) is 0.367. The first kappa shape index (κ1) is 25.5. The highest BCUT2D eigenvalue weighted by atomic mass is 16.5. The number of carbonyl (C=O) groups excluding carboxylic acids is 1. The molecule has 0 spiro atoms. The van der Waals surface area contributed by atoms with Crippen LogP contribution in [0.4, 0.5) is 0 Å². The van der Waals surface area contributed by atoms with Crippen molar-refractivity contribution < 1.29 is 14.3 Å². The van der Waals surface area contributed by atoms with Crippen molar-refractivity contribution in [3.63, 3.8) is 0 Å². The maximum absolute atomic E-state index is 13.0. The number of nitrogens with zero attached hydrogens (tertiary/aromatic N) is 1. The van der Waals surface area contributed by atoms with Crippen molar-refractivity contribution >= 4 is 5.97 Å². The molecular weight excluding hydrogens is 422 g/mol. The summed E-state index contributed by atoms with van der Waals surface area (Å²) in [5.74, 6) is 0.316. The minimum Gasteiger partial charge on any atom is -0.497 e. The molecule has 0 bridgehead atoms. The molecule has 4 nitrogen and oxygen atoms in total. The second-order valence-corrected chi connectivity index (χ2v) is 8.66. The van der Waals surface area contributed by atoms with Crippen molar-refractivity contribution in [2.75, 3.05) is 26.8 Å². The first-order chi connectivity index (χ1) is 16.6. The number of esters is 1. The summed E-state index contributed by atoms with van der Waals surface area (Å²) in [5, 5.41) is 0. The lowest BCUT2D eigenvalue weighted by Gasteiger charge is -2.28. The number of unbranched alkanes of at least 4 members (excludes halogenated alkanes) is 1. The third kappa shape index (κ3) is 7.46. The van der Waals surface area contributed by atoms with E-state index in [9.17, 15) is 4.79 Å². The number of hydrogen-bond acceptors (Lipinski definition) is 4. The lowest BCUT2D eigenvalue weighted by Crippen LogP contribution is -2.35. The summed E-state index contributed by atoms with van der Waals surface area (Å²) >= 11 is 0. The van der Waals surface area contributed by atoms with Crippen LogP contribution in [0.15, 0.2) is 84.9 Å². The minimum absolute atomic E-state index is 0.183. The highest BCUT2D eigenvalue weighted by Crippen LogP contribution is 2.26. The molecule has 0 heterocycles. The van der Waals surface area contributed by atoms with E-state index in [4.69, 9.17) is 9.47 Å². The molecule has 0 radical (unpaired) electrons. The zero-order valence-electron chi connectivity index (χ0n) is 20.7. The fourth-order valence-electron chi connectivity index (χ4n) is 4.35. The van der Waals surface area contributed by atoms with Crippen LogP contribution in [0, 0.1) is 0 Å². The Balaban J connectivity index is 1.46. The van der Waals surface area contributed by atoms with E-state index in [0.717, 1.165) is 49.2 Å². The van der Waals surface area contributed by atoms with Gasteiger partial charge in [0.1, 0.15) is 11.7 Å². The van der Waals surface area contributed by atoms with Crippen LogP contribution in [0.3, 0.4) is 0 Å². The van der Waals surface area contributed by atoms with E-state index >= 15 is 0 Å². The Morgan fingerprint density at radius 2 is 1.44 bits per heavy atom. The van der Waals surface area contributed by atoms with E-state index in [0.29, 0.717) is 12.6 Å². The van der Waals surface area contributed by atoms with E-state index in [1.807, 2.05) is 72.8 Å². The number of likely N-dealkylation sites (N-methyl/N-ethyl adjacent to an activating group) is 1. The van der Waals surface area contributed by atoms with Gasteiger partial charge in [-0.2, -0.15) is 0 Å². The van der Waals surface area contributed by atoms with Crippen molar-refractivity contribution in [1.82, 2.24) is 4.90 Å². The molecule has 1 unspecified atom stereocenters. The van der Waals surface area contributed by atoms with Gasteiger partial charge < -0.3 is 14.4 Å². The number of methoxy groups -OCH3 is 1. The summed E-state index contributed by atoms with van der Waals surface area (Å²) in [6, 6.07) is 28.5. The molecule has 34 heavy (non-hydrogen) atoms. The maximum atomic E-state index is 13.0. The van der Waals surface area contributed by atoms with Crippen molar-refractivity contribution in [2.24, 2.45) is 0 Å². The van der Waals surface area contributed by atoms with Gasteiger partial charge in [0.15, 0.2) is 0 Å². The van der Waals surface area contributed by atoms with Crippen molar-refractivity contribution in [2.45, 2.75) is 45.1 Å². The molecule has 0 N–H and O–H groups in total. The molecule has 0 aromatic heterocycles. The summed E-state index contributed by atoms with van der Waals surface area (Å²) in [4.78, 5) is 15.5. The smallest absolute Gasteiger partial charge is 0.317 e. The lowest BCUT2D eigenvalue weighted by molar-refractivity contribution is -0.144. The second-order valence-electron chi connectivity index (χ2n) is 8.66. The Labute approximate surface area is 204 Å². The van der Waals surface area contributed by atoms with Gasteiger partial charge in [0.05, 0.1) is 13.7 Å². The van der Waals surface area contributed by atoms with Gasteiger partial charge in [-0.15, -0.1) is 0 Å². The molecule has 4 heteroatoms. The van der Waals surface area contributed by atoms with E-state index < -0.39 is 0 Å². The van der Waals surface area contributed by atoms with E-state index in [-0.39, 0.29) is 11.9 Å². The molecule has 0 saturated carbocycles. The summed E-state index contributed by atoms with van der Waals surface area (Å²) in [5.41, 5.74) is 3.24. The van der Waals surface area contributed by atoms with Gasteiger partial charge >= 0.3 is 5.97 Å². The van der Waals surface area contributed by atoms with Gasteiger partial charge in [0, 0.05) is 6.04 Å². The molecule has 0 saturated heterocycles. The molecule has 3 rings (SSSR count). The van der Waals surface area contributed by atoms with Crippen LogP contribution in [-0.4, -0.2) is 43.7 Å². The van der Waals surface area contributed by atoms with Gasteiger partial charge in [-0.3, -0.25) is 4.79 Å². The molecule has 0 aliphatic heterocycles. The Bertz CT molecular complexity index is 933. The van der Waals surface area contributed by atoms with Crippen molar-refractivity contribution in [3.05, 3.63) is 102 Å². The number of hydrogen-bond donors (Lipinski definition) is 0. The summed E-state index contributed by atoms with van der Waals surface area (Å²) in [7, 11) is 1.69. The third-order valence-corrected chi connectivity index (χ3v) is 6.31. The number of benzene rings is 3. The number of ether oxygens (including phenoxy) is 2. The number of rotatable bonds is 13. The molecule has 180 valence electrons. The Morgan fingerprint density at radius 1 is 0.853 bits per heavy atom. The van der Waals surface area contributed by atoms with Crippen LogP contribution < -0.4 is 4.74 Å². The fourth-order valence-corrected chi connectivity index (χ4v) is 4.35. The first-order valence-electron chi connectivity index (χ1n) is 12.3. The van der Waals surface area contributed by atoms with Crippen molar-refractivity contribution in [3.8, 4) is 5.75 Å². The Kier molecular flexibility index (Phi) is 10.2. The summed E-state index contributed by atoms with van der Waals surface area (Å²) < 4.78 is 11.0. The predicted molar refractivity (Wildman–Crippen MR) is 138 cm³/mol. The predicted octanol–water partition coefficient (Wildman–Crippen LogP) is 6.10. The quantitative estimate of drug-likeness (QED) is 0.229. The molecule has 0 aliphatic rings. The van der Waals surface area contributed by atoms with Crippen LogP contribution in [0.25, 0.3) is 0 Å². The number of carbonyl (C=O) groups is 1. The molecule has 0 aliphatic carbocycles. The van der Waals surface area contributed by atoms with Gasteiger partial charge in [-0.1, -0.05) is 79.7 Å². The van der Waals surface area contributed by atoms with Crippen LogP contribution in [0.2, 0.25) is 0 Å². The van der Waals surface area contributed by atoms with E-state index in [2.05, 4.69) is 30.9 Å². The Hall–Kier alpha value is -3.11. The molecule has 3 aromatic carbocycles. The summed E-state index contributed by atoms with van der Waals surface area (Å²) in [6.45, 7) is 6.92. The largest absolute Gasteiger partial charge is 0.497 e. The van der Waals surface area contributed by atoms with Gasteiger partial charge in [0.2, 0.25) is 0 Å². The molecule has 3 aromatic rings. The topological polar surface area (TPSA) is 38.8 Å². The van der Waals surface area contributed by atoms with Crippen LogP contribution >= 0.6 is 0 Å². The monoisotopic (exact) mass is 459 g/mol. The Morgan fingerprint density at radius 3 is 1.97 bits per heavy atom. The highest BCUT2D eigenvalue weighted by Gasteiger charge is 2.24. The van der Waals surface area contributed by atoms with Gasteiger partial charge in [-0.25, -0.2) is 0 Å².